The summed E-state index contributed by atoms with van der Waals surface area (Å²) >= 11 is 3.20. The van der Waals surface area contributed by atoms with Crippen LogP contribution in [0.3, 0.4) is 0 Å². The van der Waals surface area contributed by atoms with E-state index in [0.717, 1.165) is 4.68 Å². The zero-order chi connectivity index (χ0) is 16.3. The number of carbonyl (C=O) groups is 1. The van der Waals surface area contributed by atoms with Crippen molar-refractivity contribution in [2.24, 2.45) is 0 Å². The third-order valence-electron chi connectivity index (χ3n) is 3.05. The van der Waals surface area contributed by atoms with Gasteiger partial charge in [0.25, 0.3) is 0 Å². The lowest BCUT2D eigenvalue weighted by atomic mass is 10.5. The molecule has 0 saturated heterocycles. The third-order valence-corrected chi connectivity index (χ3v) is 5.08. The fourth-order valence-electron chi connectivity index (χ4n) is 1.82. The van der Waals surface area contributed by atoms with E-state index in [1.165, 1.54) is 24.5 Å². The molecule has 0 saturated carbocycles. The van der Waals surface area contributed by atoms with Crippen LogP contribution in [-0.2, 0) is 9.84 Å². The van der Waals surface area contributed by atoms with Gasteiger partial charge in [0, 0.05) is 30.0 Å². The molecule has 118 valence electrons. The summed E-state index contributed by atoms with van der Waals surface area (Å²) in [5, 5.41) is 3.56. The van der Waals surface area contributed by atoms with Gasteiger partial charge in [-0.25, -0.2) is 18.2 Å². The van der Waals surface area contributed by atoms with Crippen molar-refractivity contribution in [1.29, 1.82) is 0 Å². The molecule has 0 N–H and O–H groups in total. The van der Waals surface area contributed by atoms with E-state index in [-0.39, 0.29) is 16.1 Å². The minimum absolute atomic E-state index is 0.115. The molecule has 2 heterocycles. The molecule has 7 nitrogen and oxygen atoms in total. The summed E-state index contributed by atoms with van der Waals surface area (Å²) in [4.78, 5) is 17.5. The maximum atomic E-state index is 12.4. The van der Waals surface area contributed by atoms with Crippen LogP contribution in [0.5, 0.6) is 0 Å². The van der Waals surface area contributed by atoms with Crippen molar-refractivity contribution >= 4 is 31.8 Å². The number of nitrogens with zero attached hydrogens (tertiary/aromatic N) is 4. The highest BCUT2D eigenvalue weighted by Crippen LogP contribution is 2.18. The SMILES string of the molecule is CCN(CC)C(=O)n1ccc(S(=O)(=O)c2ccc(Br)cn2)n1. The summed E-state index contributed by atoms with van der Waals surface area (Å²) < 4.78 is 26.5. The van der Waals surface area contributed by atoms with Crippen molar-refractivity contribution in [3.8, 4) is 0 Å². The Bertz CT molecular complexity index is 767. The van der Waals surface area contributed by atoms with Gasteiger partial charge < -0.3 is 4.90 Å². The van der Waals surface area contributed by atoms with Crippen molar-refractivity contribution < 1.29 is 13.2 Å². The predicted octanol–water partition coefficient (Wildman–Crippen LogP) is 2.18. The normalized spacial score (nSPS) is 11.4. The number of pyridine rings is 1. The van der Waals surface area contributed by atoms with Crippen LogP contribution in [0.1, 0.15) is 13.8 Å². The number of hydrogen-bond donors (Lipinski definition) is 0. The smallest absolute Gasteiger partial charge is 0.323 e. The van der Waals surface area contributed by atoms with E-state index in [2.05, 4.69) is 26.0 Å². The van der Waals surface area contributed by atoms with Gasteiger partial charge in [-0.1, -0.05) is 0 Å². The first-order valence-electron chi connectivity index (χ1n) is 6.61. The number of amides is 1. The van der Waals surface area contributed by atoms with Gasteiger partial charge in [-0.15, -0.1) is 0 Å². The third kappa shape index (κ3) is 3.20. The summed E-state index contributed by atoms with van der Waals surface area (Å²) in [7, 11) is -3.84. The average Bonchev–Trinajstić information content (AvgIpc) is 2.99. The summed E-state index contributed by atoms with van der Waals surface area (Å²) in [5.41, 5.74) is 0. The molecule has 0 aliphatic carbocycles. The Kier molecular flexibility index (Phi) is 4.97. The van der Waals surface area contributed by atoms with Gasteiger partial charge in [0.1, 0.15) is 0 Å². The molecule has 0 spiro atoms. The largest absolute Gasteiger partial charge is 0.344 e. The van der Waals surface area contributed by atoms with E-state index in [4.69, 9.17) is 0 Å². The van der Waals surface area contributed by atoms with Crippen LogP contribution in [0.15, 0.2) is 45.1 Å². The van der Waals surface area contributed by atoms with Crippen LogP contribution < -0.4 is 0 Å². The standard InChI is InChI=1S/C13H15BrN4O3S/c1-3-17(4-2)13(19)18-8-7-12(16-18)22(20,21)11-6-5-10(14)9-15-11/h5-9H,3-4H2,1-2H3. The minimum Gasteiger partial charge on any atom is -0.323 e. The molecule has 0 unspecified atom stereocenters. The Morgan fingerprint density at radius 2 is 1.91 bits per heavy atom. The molecule has 0 fully saturated rings. The van der Waals surface area contributed by atoms with E-state index >= 15 is 0 Å². The van der Waals surface area contributed by atoms with E-state index < -0.39 is 9.84 Å². The fourth-order valence-corrected chi connectivity index (χ4v) is 3.15. The van der Waals surface area contributed by atoms with Gasteiger partial charge in [-0.2, -0.15) is 9.78 Å². The second-order valence-corrected chi connectivity index (χ2v) is 7.13. The van der Waals surface area contributed by atoms with Crippen LogP contribution in [0.2, 0.25) is 0 Å². The van der Waals surface area contributed by atoms with Crippen LogP contribution in [0.4, 0.5) is 4.79 Å². The lowest BCUT2D eigenvalue weighted by Gasteiger charge is -2.17. The molecule has 22 heavy (non-hydrogen) atoms. The Morgan fingerprint density at radius 1 is 1.23 bits per heavy atom. The number of carbonyl (C=O) groups excluding carboxylic acids is 1. The van der Waals surface area contributed by atoms with Gasteiger partial charge >= 0.3 is 6.03 Å². The summed E-state index contributed by atoms with van der Waals surface area (Å²) in [6, 6.07) is 3.89. The van der Waals surface area contributed by atoms with E-state index in [9.17, 15) is 13.2 Å². The highest BCUT2D eigenvalue weighted by Gasteiger charge is 2.24. The molecule has 2 aromatic heterocycles. The number of sulfone groups is 1. The molecule has 2 rings (SSSR count). The Morgan fingerprint density at radius 3 is 2.45 bits per heavy atom. The van der Waals surface area contributed by atoms with Crippen molar-refractivity contribution in [3.63, 3.8) is 0 Å². The van der Waals surface area contributed by atoms with Crippen molar-refractivity contribution in [2.75, 3.05) is 13.1 Å². The quantitative estimate of drug-likeness (QED) is 0.803. The fraction of sp³-hybridized carbons (Fsp3) is 0.308. The molecular formula is C13H15BrN4O3S. The molecule has 0 bridgehead atoms. The summed E-state index contributed by atoms with van der Waals surface area (Å²) in [6.07, 6.45) is 2.73. The molecule has 0 atom stereocenters. The topological polar surface area (TPSA) is 85.2 Å². The second-order valence-electron chi connectivity index (χ2n) is 4.37. The van der Waals surface area contributed by atoms with Crippen LogP contribution >= 0.6 is 15.9 Å². The molecule has 1 amide bonds. The van der Waals surface area contributed by atoms with E-state index in [1.54, 1.807) is 11.0 Å². The first-order valence-corrected chi connectivity index (χ1v) is 8.89. The van der Waals surface area contributed by atoms with Crippen LogP contribution in [0, 0.1) is 0 Å². The first-order chi connectivity index (χ1) is 10.4. The lowest BCUT2D eigenvalue weighted by molar-refractivity contribution is 0.201. The Labute approximate surface area is 137 Å². The minimum atomic E-state index is -3.84. The van der Waals surface area contributed by atoms with Gasteiger partial charge in [0.05, 0.1) is 0 Å². The monoisotopic (exact) mass is 386 g/mol. The number of halogens is 1. The van der Waals surface area contributed by atoms with Crippen molar-refractivity contribution in [2.45, 2.75) is 23.9 Å². The molecule has 0 aliphatic rings. The Hall–Kier alpha value is -1.74. The average molecular weight is 387 g/mol. The zero-order valence-corrected chi connectivity index (χ0v) is 14.5. The number of hydrogen-bond acceptors (Lipinski definition) is 5. The van der Waals surface area contributed by atoms with E-state index in [0.29, 0.717) is 17.6 Å². The van der Waals surface area contributed by atoms with Crippen LogP contribution in [0.25, 0.3) is 0 Å². The van der Waals surface area contributed by atoms with Crippen LogP contribution in [-0.4, -0.2) is 47.2 Å². The van der Waals surface area contributed by atoms with Gasteiger partial charge in [0.2, 0.25) is 9.84 Å². The molecule has 0 aromatic carbocycles. The maximum Gasteiger partial charge on any atom is 0.344 e. The van der Waals surface area contributed by atoms with Crippen molar-refractivity contribution in [1.82, 2.24) is 19.7 Å². The predicted molar refractivity (Wildman–Crippen MR) is 83.3 cm³/mol. The van der Waals surface area contributed by atoms with E-state index in [1.807, 2.05) is 13.8 Å². The molecular weight excluding hydrogens is 372 g/mol. The van der Waals surface area contributed by atoms with Crippen molar-refractivity contribution in [3.05, 3.63) is 35.1 Å². The summed E-state index contributed by atoms with van der Waals surface area (Å²) in [5.74, 6) is 0. The molecule has 2 aromatic rings. The number of rotatable bonds is 4. The maximum absolute atomic E-state index is 12.4. The Balaban J connectivity index is 2.35. The second kappa shape index (κ2) is 6.57. The summed E-state index contributed by atoms with van der Waals surface area (Å²) in [6.45, 7) is 4.72. The lowest BCUT2D eigenvalue weighted by Crippen LogP contribution is -2.34. The van der Waals surface area contributed by atoms with Gasteiger partial charge in [-0.3, -0.25) is 0 Å². The highest BCUT2D eigenvalue weighted by molar-refractivity contribution is 9.10. The number of aromatic nitrogens is 3. The van der Waals surface area contributed by atoms with Gasteiger partial charge in [-0.05, 0) is 48.0 Å². The first kappa shape index (κ1) is 16.6. The molecule has 9 heteroatoms. The highest BCUT2D eigenvalue weighted by atomic mass is 79.9. The van der Waals surface area contributed by atoms with Gasteiger partial charge in [0.15, 0.2) is 10.1 Å². The molecule has 0 aliphatic heterocycles. The zero-order valence-electron chi connectivity index (χ0n) is 12.1. The molecule has 0 radical (unpaired) electrons.